The second-order valence-corrected chi connectivity index (χ2v) is 7.45. The zero-order valence-electron chi connectivity index (χ0n) is 17.4. The molecule has 8 heteroatoms. The molecule has 0 saturated heterocycles. The lowest BCUT2D eigenvalue weighted by Crippen LogP contribution is -2.31. The van der Waals surface area contributed by atoms with Gasteiger partial charge in [0.15, 0.2) is 11.5 Å². The van der Waals surface area contributed by atoms with Gasteiger partial charge in [-0.15, -0.1) is 0 Å². The van der Waals surface area contributed by atoms with Gasteiger partial charge in [-0.05, 0) is 54.4 Å². The Kier molecular flexibility index (Phi) is 7.73. The smallest absolute Gasteiger partial charge is 0.336 e. The number of carbonyl (C=O) groups excluding carboxylic acids is 2. The summed E-state index contributed by atoms with van der Waals surface area (Å²) in [7, 11) is 4.17. The molecule has 1 aromatic carbocycles. The predicted molar refractivity (Wildman–Crippen MR) is 112 cm³/mol. The van der Waals surface area contributed by atoms with E-state index in [0.717, 1.165) is 0 Å². The van der Waals surface area contributed by atoms with Crippen molar-refractivity contribution in [1.82, 2.24) is 4.90 Å². The third-order valence-corrected chi connectivity index (χ3v) is 5.09. The fraction of sp³-hybridized carbons (Fsp3) is 0.429. The van der Waals surface area contributed by atoms with Gasteiger partial charge in [0, 0.05) is 18.4 Å². The van der Waals surface area contributed by atoms with Crippen LogP contribution in [0.3, 0.4) is 0 Å². The van der Waals surface area contributed by atoms with E-state index in [-0.39, 0.29) is 6.04 Å². The van der Waals surface area contributed by atoms with Crippen molar-refractivity contribution in [1.29, 1.82) is 0 Å². The molecule has 0 N–H and O–H groups in total. The van der Waals surface area contributed by atoms with Gasteiger partial charge in [0.05, 0.1) is 49.5 Å². The van der Waals surface area contributed by atoms with Crippen molar-refractivity contribution in [2.75, 3.05) is 27.9 Å². The minimum Gasteiger partial charge on any atom is -0.492 e. The van der Waals surface area contributed by atoms with Crippen molar-refractivity contribution in [2.24, 2.45) is 0 Å². The zero-order chi connectivity index (χ0) is 21.7. The molecule has 0 bridgehead atoms. The normalized spacial score (nSPS) is 14.3. The number of benzene rings is 1. The Morgan fingerprint density at radius 2 is 1.62 bits per heavy atom. The summed E-state index contributed by atoms with van der Waals surface area (Å²) in [6.45, 7) is 6.20. The molecule has 2 rings (SSSR count). The first-order valence-corrected chi connectivity index (χ1v) is 9.95. The first-order valence-electron chi connectivity index (χ1n) is 9.16. The fourth-order valence-electron chi connectivity index (χ4n) is 3.12. The molecule has 0 saturated carbocycles. The topological polar surface area (TPSA) is 74.3 Å². The Balaban J connectivity index is 2.73. The Morgan fingerprint density at radius 3 is 2.03 bits per heavy atom. The first kappa shape index (κ1) is 22.8. The van der Waals surface area contributed by atoms with Gasteiger partial charge < -0.3 is 23.8 Å². The van der Waals surface area contributed by atoms with Gasteiger partial charge >= 0.3 is 11.9 Å². The zero-order valence-corrected chi connectivity index (χ0v) is 19.0. The van der Waals surface area contributed by atoms with Crippen molar-refractivity contribution in [3.63, 3.8) is 0 Å². The molecule has 0 radical (unpaired) electrons. The molecular formula is C21H26BrNO6. The van der Waals surface area contributed by atoms with E-state index in [0.29, 0.717) is 39.3 Å². The molecular weight excluding hydrogens is 442 g/mol. The largest absolute Gasteiger partial charge is 0.492 e. The molecule has 0 atom stereocenters. The Bertz CT molecular complexity index is 812. The van der Waals surface area contributed by atoms with Crippen molar-refractivity contribution in [3.05, 3.63) is 45.7 Å². The van der Waals surface area contributed by atoms with E-state index in [1.165, 1.54) is 14.2 Å². The predicted octanol–water partition coefficient (Wildman–Crippen LogP) is 3.78. The van der Waals surface area contributed by atoms with Crippen LogP contribution in [0, 0.1) is 0 Å². The highest BCUT2D eigenvalue weighted by atomic mass is 79.9. The summed E-state index contributed by atoms with van der Waals surface area (Å²) < 4.78 is 21.8. The minimum atomic E-state index is -0.689. The van der Waals surface area contributed by atoms with E-state index < -0.39 is 17.9 Å². The van der Waals surface area contributed by atoms with E-state index in [4.69, 9.17) is 18.9 Å². The van der Waals surface area contributed by atoms with Gasteiger partial charge in [-0.3, -0.25) is 0 Å². The monoisotopic (exact) mass is 467 g/mol. The Hall–Kier alpha value is -2.48. The molecule has 0 amide bonds. The van der Waals surface area contributed by atoms with Gasteiger partial charge in [-0.1, -0.05) is 0 Å². The van der Waals surface area contributed by atoms with E-state index in [1.807, 2.05) is 20.8 Å². The maximum absolute atomic E-state index is 12.6. The molecule has 1 aliphatic heterocycles. The summed E-state index contributed by atoms with van der Waals surface area (Å²) in [4.78, 5) is 27.0. The van der Waals surface area contributed by atoms with Crippen LogP contribution in [0.25, 0.3) is 0 Å². The molecule has 29 heavy (non-hydrogen) atoms. The minimum absolute atomic E-state index is 0.0249. The van der Waals surface area contributed by atoms with Gasteiger partial charge in [0.2, 0.25) is 0 Å². The molecule has 0 fully saturated rings. The molecule has 1 heterocycles. The van der Waals surface area contributed by atoms with Gasteiger partial charge in [0.25, 0.3) is 0 Å². The Morgan fingerprint density at radius 1 is 1.07 bits per heavy atom. The number of rotatable bonds is 7. The van der Waals surface area contributed by atoms with E-state index in [9.17, 15) is 9.59 Å². The number of carbonyl (C=O) groups is 2. The van der Waals surface area contributed by atoms with Crippen LogP contribution in [0.1, 0.15) is 32.3 Å². The average molecular weight is 468 g/mol. The molecule has 1 aromatic rings. The number of esters is 2. The number of nitrogens with zero attached hydrogens (tertiary/aromatic N) is 1. The summed E-state index contributed by atoms with van der Waals surface area (Å²) in [5.41, 5.74) is 1.31. The summed E-state index contributed by atoms with van der Waals surface area (Å²) in [5.74, 6) is -0.715. The van der Waals surface area contributed by atoms with Crippen molar-refractivity contribution < 1.29 is 28.5 Å². The van der Waals surface area contributed by atoms with Gasteiger partial charge in [-0.2, -0.15) is 0 Å². The van der Waals surface area contributed by atoms with Gasteiger partial charge in [0.1, 0.15) is 0 Å². The highest BCUT2D eigenvalue weighted by Gasteiger charge is 2.36. The van der Waals surface area contributed by atoms with Crippen LogP contribution in [-0.4, -0.2) is 50.8 Å². The molecule has 0 aromatic heterocycles. The highest BCUT2D eigenvalue weighted by molar-refractivity contribution is 9.10. The second-order valence-electron chi connectivity index (χ2n) is 6.59. The first-order chi connectivity index (χ1) is 13.8. The van der Waals surface area contributed by atoms with E-state index >= 15 is 0 Å². The number of methoxy groups -OCH3 is 3. The Labute approximate surface area is 179 Å². The van der Waals surface area contributed by atoms with Crippen LogP contribution in [0.15, 0.2) is 40.2 Å². The SMILES string of the molecule is CCOc1cc(C2C(C(=O)OC)=CN(C(C)C)C=C2C(=O)OC)cc(Br)c1OC. The van der Waals surface area contributed by atoms with Gasteiger partial charge in [-0.25, -0.2) is 9.59 Å². The van der Waals surface area contributed by atoms with Crippen LogP contribution in [0.2, 0.25) is 0 Å². The lowest BCUT2D eigenvalue weighted by molar-refractivity contribution is -0.137. The van der Waals surface area contributed by atoms with Crippen LogP contribution >= 0.6 is 15.9 Å². The molecule has 7 nitrogen and oxygen atoms in total. The lowest BCUT2D eigenvalue weighted by Gasteiger charge is -2.32. The van der Waals surface area contributed by atoms with Crippen LogP contribution in [0.5, 0.6) is 11.5 Å². The van der Waals surface area contributed by atoms with Crippen LogP contribution in [-0.2, 0) is 19.1 Å². The van der Waals surface area contributed by atoms with Crippen molar-refractivity contribution in [3.8, 4) is 11.5 Å². The molecule has 158 valence electrons. The number of ether oxygens (including phenoxy) is 4. The summed E-state index contributed by atoms with van der Waals surface area (Å²) in [6, 6.07) is 3.58. The summed E-state index contributed by atoms with van der Waals surface area (Å²) in [5, 5.41) is 0. The molecule has 0 aliphatic carbocycles. The molecule has 1 aliphatic rings. The standard InChI is InChI=1S/C21H26BrNO6/c1-7-29-17-9-13(8-16(22)19(17)26-4)18-14(20(24)27-5)10-23(12(2)3)11-15(18)21(25)28-6/h8-12,18H,7H2,1-6H3. The maximum Gasteiger partial charge on any atom is 0.336 e. The summed E-state index contributed by atoms with van der Waals surface area (Å²) >= 11 is 3.49. The molecule has 0 unspecified atom stereocenters. The third-order valence-electron chi connectivity index (χ3n) is 4.51. The number of hydrogen-bond acceptors (Lipinski definition) is 7. The number of halogens is 1. The van der Waals surface area contributed by atoms with Crippen LogP contribution in [0.4, 0.5) is 0 Å². The highest BCUT2D eigenvalue weighted by Crippen LogP contribution is 2.44. The maximum atomic E-state index is 12.6. The lowest BCUT2D eigenvalue weighted by atomic mass is 9.83. The average Bonchev–Trinajstić information content (AvgIpc) is 2.71. The van der Waals surface area contributed by atoms with Crippen molar-refractivity contribution in [2.45, 2.75) is 32.7 Å². The molecule has 0 spiro atoms. The fourth-order valence-corrected chi connectivity index (χ4v) is 3.75. The van der Waals surface area contributed by atoms with Crippen molar-refractivity contribution >= 4 is 27.9 Å². The third kappa shape index (κ3) is 4.75. The van der Waals surface area contributed by atoms with E-state index in [2.05, 4.69) is 15.9 Å². The quantitative estimate of drug-likeness (QED) is 0.564. The van der Waals surface area contributed by atoms with Crippen LogP contribution < -0.4 is 9.47 Å². The number of hydrogen-bond donors (Lipinski definition) is 0. The summed E-state index contributed by atoms with van der Waals surface area (Å²) in [6.07, 6.45) is 3.40. The second kappa shape index (κ2) is 9.82. The van der Waals surface area contributed by atoms with E-state index in [1.54, 1.807) is 36.5 Å².